The highest BCUT2D eigenvalue weighted by atomic mass is 16.6. The molecular weight excluding hydrogens is 624 g/mol. The van der Waals surface area contributed by atoms with Crippen molar-refractivity contribution in [1.82, 2.24) is 0 Å². The van der Waals surface area contributed by atoms with Gasteiger partial charge in [-0.2, -0.15) is 0 Å². The summed E-state index contributed by atoms with van der Waals surface area (Å²) >= 11 is 0. The van der Waals surface area contributed by atoms with Crippen molar-refractivity contribution < 1.29 is 71.4 Å². The minimum absolute atomic E-state index is 0.0365. The Morgan fingerprint density at radius 3 is 1.09 bits per heavy atom. The number of benzene rings is 1. The van der Waals surface area contributed by atoms with Gasteiger partial charge in [0.15, 0.2) is 11.5 Å². The van der Waals surface area contributed by atoms with Crippen LogP contribution in [-0.2, 0) is 58.7 Å². The van der Waals surface area contributed by atoms with Crippen LogP contribution in [0.3, 0.4) is 0 Å². The van der Waals surface area contributed by atoms with Crippen molar-refractivity contribution in [3.05, 3.63) is 17.7 Å². The molecule has 0 amide bonds. The van der Waals surface area contributed by atoms with E-state index in [1.807, 2.05) is 12.1 Å². The highest BCUT2D eigenvalue weighted by molar-refractivity contribution is 5.54. The van der Waals surface area contributed by atoms with Crippen LogP contribution in [0.15, 0.2) is 12.1 Å². The van der Waals surface area contributed by atoms with E-state index in [0.717, 1.165) is 5.56 Å². The average Bonchev–Trinajstić information content (AvgIpc) is 3.08. The first-order valence-electron chi connectivity index (χ1n) is 16.0. The van der Waals surface area contributed by atoms with Gasteiger partial charge in [0.2, 0.25) is 5.75 Å². The normalized spacial score (nSPS) is 11.3. The first kappa shape index (κ1) is 43.2. The zero-order chi connectivity index (χ0) is 33.9. The highest BCUT2D eigenvalue weighted by Gasteiger charge is 2.17. The SMILES string of the molecule is COCCOCCOCCOc1cc(COCCOCCO)cc(OCCOCCOCCOC)c1OCCOCCOCCOC. The van der Waals surface area contributed by atoms with Crippen LogP contribution in [0.4, 0.5) is 0 Å². The summed E-state index contributed by atoms with van der Waals surface area (Å²) in [4.78, 5) is 0. The fraction of sp³-hybridized carbons (Fsp3) is 0.812. The Hall–Kier alpha value is -1.86. The summed E-state index contributed by atoms with van der Waals surface area (Å²) in [5, 5.41) is 8.89. The molecule has 47 heavy (non-hydrogen) atoms. The van der Waals surface area contributed by atoms with Crippen molar-refractivity contribution in [3.63, 3.8) is 0 Å². The Labute approximate surface area is 279 Å². The average molecular weight is 683 g/mol. The number of hydrogen-bond acceptors (Lipinski definition) is 15. The monoisotopic (exact) mass is 682 g/mol. The lowest BCUT2D eigenvalue weighted by atomic mass is 10.2. The van der Waals surface area contributed by atoms with E-state index in [0.29, 0.717) is 130 Å². The second-order valence-electron chi connectivity index (χ2n) is 9.51. The Morgan fingerprint density at radius 2 is 0.702 bits per heavy atom. The number of hydrogen-bond donors (Lipinski definition) is 1. The molecule has 15 heteroatoms. The lowest BCUT2D eigenvalue weighted by molar-refractivity contribution is 0.0144. The molecule has 1 rings (SSSR count). The van der Waals surface area contributed by atoms with Gasteiger partial charge in [0.05, 0.1) is 132 Å². The molecule has 0 unspecified atom stereocenters. The zero-order valence-electron chi connectivity index (χ0n) is 28.6. The summed E-state index contributed by atoms with van der Waals surface area (Å²) in [6, 6.07) is 3.70. The smallest absolute Gasteiger partial charge is 0.203 e. The van der Waals surface area contributed by atoms with E-state index in [1.54, 1.807) is 21.3 Å². The van der Waals surface area contributed by atoms with Gasteiger partial charge in [0, 0.05) is 21.3 Å². The molecule has 0 atom stereocenters. The van der Waals surface area contributed by atoms with Crippen molar-refractivity contribution in [1.29, 1.82) is 0 Å². The molecule has 0 saturated carbocycles. The predicted octanol–water partition coefficient (Wildman–Crippen LogP) is 1.39. The highest BCUT2D eigenvalue weighted by Crippen LogP contribution is 2.39. The van der Waals surface area contributed by atoms with Gasteiger partial charge in [-0.3, -0.25) is 0 Å². The third-order valence-electron chi connectivity index (χ3n) is 5.81. The molecule has 276 valence electrons. The molecule has 0 fully saturated rings. The van der Waals surface area contributed by atoms with Gasteiger partial charge in [-0.15, -0.1) is 0 Å². The fourth-order valence-corrected chi connectivity index (χ4v) is 3.56. The number of aliphatic hydroxyl groups excluding tert-OH is 1. The molecule has 0 heterocycles. The molecule has 1 N–H and O–H groups in total. The Balaban J connectivity index is 2.82. The molecule has 1 aromatic carbocycles. The molecule has 0 saturated heterocycles. The Kier molecular flexibility index (Phi) is 31.2. The van der Waals surface area contributed by atoms with Crippen LogP contribution in [-0.4, -0.2) is 172 Å². The van der Waals surface area contributed by atoms with Crippen molar-refractivity contribution in [2.24, 2.45) is 0 Å². The number of ether oxygens (including phenoxy) is 14. The van der Waals surface area contributed by atoms with Crippen LogP contribution in [0.2, 0.25) is 0 Å². The number of rotatable bonds is 37. The summed E-state index contributed by atoms with van der Waals surface area (Å²) in [7, 11) is 4.89. The number of aliphatic hydroxyl groups is 1. The maximum atomic E-state index is 8.89. The molecule has 0 radical (unpaired) electrons. The molecule has 0 spiro atoms. The van der Waals surface area contributed by atoms with Crippen LogP contribution >= 0.6 is 0 Å². The van der Waals surface area contributed by atoms with E-state index in [2.05, 4.69) is 0 Å². The van der Waals surface area contributed by atoms with Gasteiger partial charge in [-0.1, -0.05) is 0 Å². The predicted molar refractivity (Wildman–Crippen MR) is 171 cm³/mol. The van der Waals surface area contributed by atoms with Gasteiger partial charge >= 0.3 is 0 Å². The van der Waals surface area contributed by atoms with Crippen LogP contribution in [0.1, 0.15) is 5.56 Å². The van der Waals surface area contributed by atoms with E-state index in [9.17, 15) is 0 Å². The molecule has 0 aliphatic rings. The molecule has 0 aliphatic heterocycles. The van der Waals surface area contributed by atoms with E-state index in [-0.39, 0.29) is 39.6 Å². The minimum Gasteiger partial charge on any atom is -0.487 e. The van der Waals surface area contributed by atoms with Crippen LogP contribution in [0.5, 0.6) is 17.2 Å². The third-order valence-corrected chi connectivity index (χ3v) is 5.81. The van der Waals surface area contributed by atoms with Crippen LogP contribution in [0.25, 0.3) is 0 Å². The largest absolute Gasteiger partial charge is 0.487 e. The second kappa shape index (κ2) is 34.0. The van der Waals surface area contributed by atoms with Crippen molar-refractivity contribution in [2.75, 3.05) is 167 Å². The van der Waals surface area contributed by atoms with Gasteiger partial charge < -0.3 is 71.4 Å². The lowest BCUT2D eigenvalue weighted by Gasteiger charge is -2.19. The van der Waals surface area contributed by atoms with Gasteiger partial charge in [-0.05, 0) is 17.7 Å². The Bertz CT molecular complexity index is 759. The molecule has 15 nitrogen and oxygen atoms in total. The summed E-state index contributed by atoms with van der Waals surface area (Å²) in [5.41, 5.74) is 0.814. The quantitative estimate of drug-likeness (QED) is 0.101. The summed E-state index contributed by atoms with van der Waals surface area (Å²) in [5.74, 6) is 1.40. The zero-order valence-corrected chi connectivity index (χ0v) is 28.6. The topological polar surface area (TPSA) is 149 Å². The van der Waals surface area contributed by atoms with Crippen molar-refractivity contribution >= 4 is 0 Å². The first-order chi connectivity index (χ1) is 23.3. The first-order valence-corrected chi connectivity index (χ1v) is 16.0. The molecule has 0 bridgehead atoms. The molecular formula is C32H58O15. The van der Waals surface area contributed by atoms with E-state index in [4.69, 9.17) is 71.4 Å². The number of methoxy groups -OCH3 is 3. The standard InChI is InChI=1S/C32H58O15/c1-34-6-9-38-12-15-41-20-23-45-30-26-29(28-44-19-18-37-5-4-33)27-31(46-24-21-42-16-13-39-10-7-35-2)32(30)47-25-22-43-17-14-40-11-8-36-3/h26-27,33H,4-25,28H2,1-3H3. The second-order valence-corrected chi connectivity index (χ2v) is 9.51. The van der Waals surface area contributed by atoms with Crippen LogP contribution < -0.4 is 14.2 Å². The minimum atomic E-state index is -0.0365. The summed E-state index contributed by atoms with van der Waals surface area (Å²) in [6.45, 7) is 8.89. The van der Waals surface area contributed by atoms with Crippen molar-refractivity contribution in [2.45, 2.75) is 6.61 Å². The van der Waals surface area contributed by atoms with E-state index in [1.165, 1.54) is 0 Å². The van der Waals surface area contributed by atoms with Gasteiger partial charge in [0.1, 0.15) is 19.8 Å². The Morgan fingerprint density at radius 1 is 0.383 bits per heavy atom. The molecule has 0 aliphatic carbocycles. The van der Waals surface area contributed by atoms with Crippen LogP contribution in [0, 0.1) is 0 Å². The molecule has 0 aromatic heterocycles. The third kappa shape index (κ3) is 25.8. The molecule has 1 aromatic rings. The summed E-state index contributed by atoms with van der Waals surface area (Å²) in [6.07, 6.45) is 0. The maximum absolute atomic E-state index is 8.89. The fourth-order valence-electron chi connectivity index (χ4n) is 3.56. The van der Waals surface area contributed by atoms with E-state index >= 15 is 0 Å². The maximum Gasteiger partial charge on any atom is 0.203 e. The summed E-state index contributed by atoms with van der Waals surface area (Å²) < 4.78 is 77.6. The van der Waals surface area contributed by atoms with Crippen molar-refractivity contribution in [3.8, 4) is 17.2 Å². The van der Waals surface area contributed by atoms with E-state index < -0.39 is 0 Å². The lowest BCUT2D eigenvalue weighted by Crippen LogP contribution is -2.16. The van der Waals surface area contributed by atoms with Gasteiger partial charge in [0.25, 0.3) is 0 Å². The van der Waals surface area contributed by atoms with Gasteiger partial charge in [-0.25, -0.2) is 0 Å².